The zero-order valence-electron chi connectivity index (χ0n) is 10.9. The van der Waals surface area contributed by atoms with Crippen molar-refractivity contribution >= 4 is 32.0 Å². The van der Waals surface area contributed by atoms with Crippen LogP contribution in [0.5, 0.6) is 0 Å². The number of carbonyl (C=O) groups is 1. The van der Waals surface area contributed by atoms with Crippen LogP contribution in [0.2, 0.25) is 0 Å². The van der Waals surface area contributed by atoms with Gasteiger partial charge in [0.2, 0.25) is 6.10 Å². The molecule has 0 saturated heterocycles. The van der Waals surface area contributed by atoms with E-state index in [1.54, 1.807) is 13.8 Å². The van der Waals surface area contributed by atoms with Crippen LogP contribution in [0.4, 0.5) is 13.2 Å². The van der Waals surface area contributed by atoms with Crippen molar-refractivity contribution in [2.45, 2.75) is 39.0 Å². The topological polar surface area (TPSA) is 80.7 Å². The van der Waals surface area contributed by atoms with Gasteiger partial charge in [-0.1, -0.05) is 29.8 Å². The third-order valence-corrected chi connectivity index (χ3v) is 4.82. The van der Waals surface area contributed by atoms with Crippen LogP contribution in [0.15, 0.2) is 0 Å². The molecule has 0 rings (SSSR count). The fourth-order valence-electron chi connectivity index (χ4n) is 1.42. The van der Waals surface area contributed by atoms with Crippen molar-refractivity contribution in [1.29, 1.82) is 0 Å². The lowest BCUT2D eigenvalue weighted by molar-refractivity contribution is -0.220. The van der Waals surface area contributed by atoms with Crippen molar-refractivity contribution < 1.29 is 35.7 Å². The van der Waals surface area contributed by atoms with Gasteiger partial charge in [-0.3, -0.25) is 9.35 Å². The molecule has 1 unspecified atom stereocenters. The van der Waals surface area contributed by atoms with Crippen molar-refractivity contribution in [3.05, 3.63) is 0 Å². The van der Waals surface area contributed by atoms with Gasteiger partial charge in [-0.15, -0.1) is 0 Å². The smallest absolute Gasteiger partial charge is 0.426 e. The molecular weight excluding hydrogens is 369 g/mol. The first-order valence-electron chi connectivity index (χ1n) is 5.70. The van der Waals surface area contributed by atoms with Gasteiger partial charge >= 0.3 is 12.1 Å². The lowest BCUT2D eigenvalue weighted by Crippen LogP contribution is -2.44. The third-order valence-electron chi connectivity index (χ3n) is 3.02. The Balaban J connectivity index is 5.23. The Bertz CT molecular complexity index is 422. The molecule has 0 aromatic heterocycles. The zero-order chi connectivity index (χ0) is 16.2. The highest BCUT2D eigenvalue weighted by atomic mass is 79.9. The summed E-state index contributed by atoms with van der Waals surface area (Å²) in [6.45, 7) is 3.22. The SMILES string of the molecule is CCC(CC)(CBr)C(=O)OC(CS(=O)(=O)O)C(F)(F)F. The van der Waals surface area contributed by atoms with Gasteiger partial charge in [0.15, 0.2) is 0 Å². The van der Waals surface area contributed by atoms with Gasteiger partial charge in [-0.05, 0) is 12.8 Å². The molecule has 0 fully saturated rings. The molecule has 1 atom stereocenters. The van der Waals surface area contributed by atoms with Gasteiger partial charge in [0, 0.05) is 5.33 Å². The Labute approximate surface area is 123 Å². The normalized spacial score (nSPS) is 14.9. The van der Waals surface area contributed by atoms with E-state index < -0.39 is 39.5 Å². The molecule has 10 heteroatoms. The maximum atomic E-state index is 12.6. The van der Waals surface area contributed by atoms with E-state index in [0.717, 1.165) is 0 Å². The molecule has 0 aliphatic heterocycles. The molecule has 0 aliphatic carbocycles. The molecule has 0 saturated carbocycles. The summed E-state index contributed by atoms with van der Waals surface area (Å²) in [7, 11) is -4.93. The fraction of sp³-hybridized carbons (Fsp3) is 0.900. The van der Waals surface area contributed by atoms with Crippen LogP contribution in [0.25, 0.3) is 0 Å². The van der Waals surface area contributed by atoms with Crippen molar-refractivity contribution in [3.8, 4) is 0 Å². The molecule has 0 spiro atoms. The highest BCUT2D eigenvalue weighted by Gasteiger charge is 2.48. The maximum absolute atomic E-state index is 12.6. The summed E-state index contributed by atoms with van der Waals surface area (Å²) in [6.07, 6.45) is -7.51. The molecular formula is C10H16BrF3O5S. The Kier molecular flexibility index (Phi) is 6.95. The summed E-state index contributed by atoms with van der Waals surface area (Å²) in [5.41, 5.74) is -1.16. The number of carbonyl (C=O) groups excluding carboxylic acids is 1. The van der Waals surface area contributed by atoms with E-state index in [1.165, 1.54) is 0 Å². The first kappa shape index (κ1) is 19.7. The zero-order valence-corrected chi connectivity index (χ0v) is 13.3. The molecule has 0 heterocycles. The number of rotatable bonds is 7. The van der Waals surface area contributed by atoms with E-state index in [4.69, 9.17) is 4.55 Å². The average Bonchev–Trinajstić information content (AvgIpc) is 2.28. The standard InChI is InChI=1S/C10H16BrF3O5S/c1-3-9(4-2,6-11)8(15)19-7(10(12,13)14)5-20(16,17)18/h7H,3-6H2,1-2H3,(H,16,17,18). The Hall–Kier alpha value is -0.350. The van der Waals surface area contributed by atoms with Crippen LogP contribution in [0.3, 0.4) is 0 Å². The van der Waals surface area contributed by atoms with E-state index in [1.807, 2.05) is 0 Å². The first-order chi connectivity index (χ1) is 8.91. The van der Waals surface area contributed by atoms with Gasteiger partial charge < -0.3 is 4.74 Å². The van der Waals surface area contributed by atoms with Crippen LogP contribution < -0.4 is 0 Å². The van der Waals surface area contributed by atoms with Gasteiger partial charge in [-0.2, -0.15) is 21.6 Å². The molecule has 0 amide bonds. The maximum Gasteiger partial charge on any atom is 0.426 e. The van der Waals surface area contributed by atoms with Crippen molar-refractivity contribution in [2.24, 2.45) is 5.41 Å². The summed E-state index contributed by atoms with van der Waals surface area (Å²) < 4.78 is 71.9. The molecule has 120 valence electrons. The highest BCUT2D eigenvalue weighted by Crippen LogP contribution is 2.33. The molecule has 0 aromatic rings. The monoisotopic (exact) mass is 384 g/mol. The number of hydrogen-bond donors (Lipinski definition) is 1. The minimum Gasteiger partial charge on any atom is -0.451 e. The van der Waals surface area contributed by atoms with E-state index in [2.05, 4.69) is 20.7 Å². The summed E-state index contributed by atoms with van der Waals surface area (Å²) in [5.74, 6) is -2.86. The summed E-state index contributed by atoms with van der Waals surface area (Å²) in [6, 6.07) is 0. The van der Waals surface area contributed by atoms with E-state index in [0.29, 0.717) is 0 Å². The Morgan fingerprint density at radius 1 is 1.30 bits per heavy atom. The molecule has 20 heavy (non-hydrogen) atoms. The second-order valence-corrected chi connectivity index (χ2v) is 6.36. The number of esters is 1. The van der Waals surface area contributed by atoms with E-state index >= 15 is 0 Å². The quantitative estimate of drug-likeness (QED) is 0.414. The van der Waals surface area contributed by atoms with Crippen molar-refractivity contribution in [2.75, 3.05) is 11.1 Å². The number of halogens is 4. The minimum atomic E-state index is -5.08. The second-order valence-electron chi connectivity index (χ2n) is 4.31. The summed E-state index contributed by atoms with van der Waals surface area (Å²) in [5, 5.41) is 0.0856. The lowest BCUT2D eigenvalue weighted by Gasteiger charge is -2.29. The van der Waals surface area contributed by atoms with Crippen LogP contribution in [0, 0.1) is 5.41 Å². The van der Waals surface area contributed by atoms with Gasteiger partial charge in [0.05, 0.1) is 5.41 Å². The molecule has 0 aliphatic rings. The highest BCUT2D eigenvalue weighted by molar-refractivity contribution is 9.09. The summed E-state index contributed by atoms with van der Waals surface area (Å²) in [4.78, 5) is 11.9. The van der Waals surface area contributed by atoms with Crippen molar-refractivity contribution in [3.63, 3.8) is 0 Å². The number of ether oxygens (including phenoxy) is 1. The molecule has 5 nitrogen and oxygen atoms in total. The molecule has 0 bridgehead atoms. The van der Waals surface area contributed by atoms with Gasteiger partial charge in [0.25, 0.3) is 10.1 Å². The third kappa shape index (κ3) is 5.57. The number of alkyl halides is 4. The second kappa shape index (κ2) is 7.08. The van der Waals surface area contributed by atoms with Crippen LogP contribution in [-0.2, 0) is 19.6 Å². The van der Waals surface area contributed by atoms with Crippen molar-refractivity contribution in [1.82, 2.24) is 0 Å². The van der Waals surface area contributed by atoms with Crippen LogP contribution >= 0.6 is 15.9 Å². The van der Waals surface area contributed by atoms with Crippen LogP contribution in [0.1, 0.15) is 26.7 Å². The molecule has 1 N–H and O–H groups in total. The fourth-order valence-corrected chi connectivity index (χ4v) is 3.08. The predicted octanol–water partition coefficient (Wildman–Crippen LogP) is 2.55. The first-order valence-corrected chi connectivity index (χ1v) is 8.44. The Morgan fingerprint density at radius 3 is 2.00 bits per heavy atom. The number of hydrogen-bond acceptors (Lipinski definition) is 4. The van der Waals surface area contributed by atoms with Gasteiger partial charge in [-0.25, -0.2) is 0 Å². The molecule has 0 aromatic carbocycles. The minimum absolute atomic E-state index is 0.0856. The van der Waals surface area contributed by atoms with Crippen LogP contribution in [-0.4, -0.2) is 42.3 Å². The predicted molar refractivity (Wildman–Crippen MR) is 69.2 cm³/mol. The average molecular weight is 385 g/mol. The Morgan fingerprint density at radius 2 is 1.75 bits per heavy atom. The van der Waals surface area contributed by atoms with Gasteiger partial charge in [0.1, 0.15) is 5.75 Å². The molecule has 0 radical (unpaired) electrons. The summed E-state index contributed by atoms with van der Waals surface area (Å²) >= 11 is 3.05. The largest absolute Gasteiger partial charge is 0.451 e. The van der Waals surface area contributed by atoms with E-state index in [9.17, 15) is 26.4 Å². The lowest BCUT2D eigenvalue weighted by atomic mass is 9.85. The van der Waals surface area contributed by atoms with E-state index in [-0.39, 0.29) is 18.2 Å².